The molecule has 0 spiro atoms. The Labute approximate surface area is 303 Å². The minimum Gasteiger partial charge on any atom is -0.330 e. The van der Waals surface area contributed by atoms with Gasteiger partial charge < -0.3 is 5.73 Å². The number of rotatable bonds is 26. The van der Waals surface area contributed by atoms with E-state index in [2.05, 4.69) is 27.7 Å². The van der Waals surface area contributed by atoms with Crippen molar-refractivity contribution in [1.82, 2.24) is 0 Å². The van der Waals surface area contributed by atoms with Gasteiger partial charge in [-0.05, 0) is 117 Å². The first-order valence-corrected chi connectivity index (χ1v) is 23.1. The molecule has 48 heavy (non-hydrogen) atoms. The lowest BCUT2D eigenvalue weighted by atomic mass is 9.44. The van der Waals surface area contributed by atoms with Crippen LogP contribution in [0.2, 0.25) is 0 Å². The molecule has 2 N–H and O–H groups in total. The van der Waals surface area contributed by atoms with Crippen molar-refractivity contribution in [3.8, 4) is 0 Å². The summed E-state index contributed by atoms with van der Waals surface area (Å²) in [7, 11) is 0. The van der Waals surface area contributed by atoms with Gasteiger partial charge in [0.1, 0.15) is 0 Å². The maximum atomic E-state index is 5.58. The van der Waals surface area contributed by atoms with E-state index in [0.717, 1.165) is 48.0 Å². The number of unbranched alkanes of at least 4 members (excludes halogenated alkanes) is 18. The van der Waals surface area contributed by atoms with E-state index in [1.165, 1.54) is 161 Å². The third-order valence-corrected chi connectivity index (χ3v) is 16.1. The highest BCUT2D eigenvalue weighted by Gasteiger charge is 2.60. The van der Waals surface area contributed by atoms with Crippen molar-refractivity contribution in [2.24, 2.45) is 58.0 Å². The van der Waals surface area contributed by atoms with Gasteiger partial charge in [0, 0.05) is 0 Å². The summed E-state index contributed by atoms with van der Waals surface area (Å²) >= 11 is 0. The first kappa shape index (κ1) is 40.7. The molecule has 1 nitrogen and oxygen atoms in total. The van der Waals surface area contributed by atoms with Crippen molar-refractivity contribution < 1.29 is 0 Å². The normalized spacial score (nSPS) is 32.8. The molecule has 0 aromatic rings. The zero-order chi connectivity index (χ0) is 34.1. The predicted octanol–water partition coefficient (Wildman–Crippen LogP) is 15.2. The maximum Gasteiger partial charge on any atom is -0.00773 e. The van der Waals surface area contributed by atoms with E-state index in [4.69, 9.17) is 5.73 Å². The van der Waals surface area contributed by atoms with Crippen molar-refractivity contribution in [2.45, 2.75) is 240 Å². The molecule has 0 aromatic heterocycles. The summed E-state index contributed by atoms with van der Waals surface area (Å²) in [5, 5.41) is 0. The minimum atomic E-state index is 0.661. The number of nitrogens with two attached hydrogens (primary N) is 1. The van der Waals surface area contributed by atoms with E-state index in [1.54, 1.807) is 51.4 Å². The lowest BCUT2D eigenvalue weighted by Gasteiger charge is -2.61. The molecule has 1 heteroatoms. The fourth-order valence-corrected chi connectivity index (χ4v) is 13.0. The molecule has 0 heterocycles. The van der Waals surface area contributed by atoms with Gasteiger partial charge in [0.25, 0.3) is 0 Å². The largest absolute Gasteiger partial charge is 0.330 e. The van der Waals surface area contributed by atoms with Crippen LogP contribution in [0.5, 0.6) is 0 Å². The quantitative estimate of drug-likeness (QED) is 0.0913. The lowest BCUT2D eigenvalue weighted by Crippen LogP contribution is -2.53. The minimum absolute atomic E-state index is 0.661. The highest BCUT2D eigenvalue weighted by Crippen LogP contribution is 2.68. The molecule has 4 saturated carbocycles. The van der Waals surface area contributed by atoms with Crippen LogP contribution >= 0.6 is 0 Å². The van der Waals surface area contributed by atoms with Crippen LogP contribution < -0.4 is 5.73 Å². The van der Waals surface area contributed by atoms with Crippen LogP contribution in [0.1, 0.15) is 240 Å². The lowest BCUT2D eigenvalue weighted by molar-refractivity contribution is -0.114. The Morgan fingerprint density at radius 1 is 0.479 bits per heavy atom. The van der Waals surface area contributed by atoms with Crippen molar-refractivity contribution in [3.05, 3.63) is 0 Å². The van der Waals surface area contributed by atoms with Gasteiger partial charge in [-0.25, -0.2) is 0 Å². The van der Waals surface area contributed by atoms with Gasteiger partial charge in [-0.2, -0.15) is 0 Å². The van der Waals surface area contributed by atoms with E-state index in [0.29, 0.717) is 10.8 Å². The summed E-state index contributed by atoms with van der Waals surface area (Å²) in [5.41, 5.74) is 6.94. The highest BCUT2D eigenvalue weighted by molar-refractivity contribution is 5.09. The molecule has 4 aliphatic rings. The smallest absolute Gasteiger partial charge is 0.00773 e. The Morgan fingerprint density at radius 3 is 1.58 bits per heavy atom. The monoisotopic (exact) mass is 668 g/mol. The second kappa shape index (κ2) is 22.1. The Bertz CT molecular complexity index is 820. The van der Waals surface area contributed by atoms with Crippen LogP contribution in [0.4, 0.5) is 0 Å². The van der Waals surface area contributed by atoms with Crippen LogP contribution in [-0.2, 0) is 0 Å². The van der Waals surface area contributed by atoms with Crippen molar-refractivity contribution in [1.29, 1.82) is 0 Å². The Hall–Kier alpha value is -0.0400. The van der Waals surface area contributed by atoms with Gasteiger partial charge >= 0.3 is 0 Å². The standard InChI is InChI=1S/C47H89N/c1-39(27-22-20-18-16-14-12-10-8-6-5-7-9-11-13-15-17-19-21-25-38-48)28-26-29-40(2)43-33-34-44-42-32-31-41-30-23-24-36-46(41,3)45(42)35-37-47(43,44)4/h39-45H,5-38,48H2,1-4H3/t39?,40-,41?,42+,43-,44+,45+,46+,47-/m1/s1. The van der Waals surface area contributed by atoms with Crippen LogP contribution in [-0.4, -0.2) is 6.54 Å². The first-order valence-electron chi connectivity index (χ1n) is 23.1. The number of fused-ring (bicyclic) bond motifs is 5. The third-order valence-electron chi connectivity index (χ3n) is 16.1. The van der Waals surface area contributed by atoms with E-state index in [1.807, 2.05) is 0 Å². The molecule has 4 aliphatic carbocycles. The topological polar surface area (TPSA) is 26.0 Å². The second-order valence-electron chi connectivity index (χ2n) is 19.4. The Balaban J connectivity index is 0.945. The molecule has 0 radical (unpaired) electrons. The van der Waals surface area contributed by atoms with Crippen LogP contribution in [0.25, 0.3) is 0 Å². The van der Waals surface area contributed by atoms with Gasteiger partial charge in [0.2, 0.25) is 0 Å². The van der Waals surface area contributed by atoms with Crippen molar-refractivity contribution in [3.63, 3.8) is 0 Å². The molecule has 4 fully saturated rings. The number of hydrogen-bond donors (Lipinski definition) is 1. The Kier molecular flexibility index (Phi) is 18.8. The zero-order valence-corrected chi connectivity index (χ0v) is 33.7. The van der Waals surface area contributed by atoms with E-state index in [-0.39, 0.29) is 0 Å². The van der Waals surface area contributed by atoms with Crippen LogP contribution in [0.3, 0.4) is 0 Å². The van der Waals surface area contributed by atoms with Gasteiger partial charge in [-0.1, -0.05) is 182 Å². The molecule has 0 saturated heterocycles. The van der Waals surface area contributed by atoms with E-state index < -0.39 is 0 Å². The molecule has 0 amide bonds. The Morgan fingerprint density at radius 2 is 1.00 bits per heavy atom. The summed E-state index contributed by atoms with van der Waals surface area (Å²) < 4.78 is 0. The summed E-state index contributed by atoms with van der Waals surface area (Å²) in [4.78, 5) is 0. The summed E-state index contributed by atoms with van der Waals surface area (Å²) in [6, 6.07) is 0. The fourth-order valence-electron chi connectivity index (χ4n) is 13.0. The van der Waals surface area contributed by atoms with E-state index >= 15 is 0 Å². The highest BCUT2D eigenvalue weighted by atomic mass is 14.6. The third kappa shape index (κ3) is 12.0. The van der Waals surface area contributed by atoms with Crippen LogP contribution in [0, 0.1) is 52.3 Å². The SMILES string of the molecule is CC(CCCCCCCCCCCCCCCCCCCCCN)CCC[C@@H](C)[C@H]1CC[C@H]2[C@@H]3CCC4CCCC[C@]4(C)[C@H]3CC[C@]12C. The van der Waals surface area contributed by atoms with Crippen LogP contribution in [0.15, 0.2) is 0 Å². The summed E-state index contributed by atoms with van der Waals surface area (Å²) in [5.74, 6) is 7.16. The summed E-state index contributed by atoms with van der Waals surface area (Å²) in [6.07, 6.45) is 49.1. The van der Waals surface area contributed by atoms with Gasteiger partial charge in [-0.15, -0.1) is 0 Å². The maximum absolute atomic E-state index is 5.58. The van der Waals surface area contributed by atoms with Gasteiger partial charge in [0.05, 0.1) is 0 Å². The molecular weight excluding hydrogens is 579 g/mol. The average Bonchev–Trinajstić information content (AvgIpc) is 3.44. The summed E-state index contributed by atoms with van der Waals surface area (Å²) in [6.45, 7) is 11.7. The molecular formula is C47H89N. The molecule has 0 aromatic carbocycles. The molecule has 0 bridgehead atoms. The fraction of sp³-hybridized carbons (Fsp3) is 1.00. The first-order chi connectivity index (χ1) is 23.4. The molecule has 2 unspecified atom stereocenters. The molecule has 4 rings (SSSR count). The number of hydrogen-bond acceptors (Lipinski definition) is 1. The van der Waals surface area contributed by atoms with Crippen molar-refractivity contribution >= 4 is 0 Å². The predicted molar refractivity (Wildman–Crippen MR) is 213 cm³/mol. The van der Waals surface area contributed by atoms with Crippen molar-refractivity contribution in [2.75, 3.05) is 6.54 Å². The molecule has 282 valence electrons. The van der Waals surface area contributed by atoms with E-state index in [9.17, 15) is 0 Å². The molecule has 9 atom stereocenters. The molecule has 0 aliphatic heterocycles. The van der Waals surface area contributed by atoms with Gasteiger partial charge in [-0.3, -0.25) is 0 Å². The average molecular weight is 668 g/mol. The van der Waals surface area contributed by atoms with Gasteiger partial charge in [0.15, 0.2) is 0 Å². The second-order valence-corrected chi connectivity index (χ2v) is 19.4. The zero-order valence-electron chi connectivity index (χ0n) is 33.7.